The summed E-state index contributed by atoms with van der Waals surface area (Å²) in [6.07, 6.45) is 0.812. The summed E-state index contributed by atoms with van der Waals surface area (Å²) in [5.74, 6) is 0.551. The minimum absolute atomic E-state index is 0.157. The molecule has 0 unspecified atom stereocenters. The van der Waals surface area contributed by atoms with Gasteiger partial charge < -0.3 is 10.4 Å². The van der Waals surface area contributed by atoms with Crippen molar-refractivity contribution < 1.29 is 9.90 Å². The highest BCUT2D eigenvalue weighted by atomic mass is 35.5. The van der Waals surface area contributed by atoms with E-state index in [0.29, 0.717) is 11.4 Å². The van der Waals surface area contributed by atoms with Crippen LogP contribution < -0.4 is 5.32 Å². The Bertz CT molecular complexity index is 608. The van der Waals surface area contributed by atoms with Gasteiger partial charge in [-0.1, -0.05) is 12.1 Å². The molecule has 20 heavy (non-hydrogen) atoms. The van der Waals surface area contributed by atoms with Gasteiger partial charge in [-0.25, -0.2) is 0 Å². The molecule has 2 rings (SSSR count). The van der Waals surface area contributed by atoms with E-state index in [-0.39, 0.29) is 11.7 Å². The van der Waals surface area contributed by atoms with Crippen LogP contribution in [0.2, 0.25) is 0 Å². The van der Waals surface area contributed by atoms with Crippen LogP contribution in [0.15, 0.2) is 42.5 Å². The highest BCUT2D eigenvalue weighted by Gasteiger charge is 2.09. The zero-order valence-electron chi connectivity index (χ0n) is 11.2. The lowest BCUT2D eigenvalue weighted by molar-refractivity contribution is 0.102. The number of anilines is 1. The molecule has 0 aromatic heterocycles. The molecular weight excluding hydrogens is 274 g/mol. The molecule has 4 heteroatoms. The highest BCUT2D eigenvalue weighted by molar-refractivity contribution is 6.18. The van der Waals surface area contributed by atoms with Crippen molar-refractivity contribution in [3.63, 3.8) is 0 Å². The van der Waals surface area contributed by atoms with Crippen LogP contribution in [-0.2, 0) is 6.42 Å². The van der Waals surface area contributed by atoms with Crippen LogP contribution in [0.4, 0.5) is 5.69 Å². The zero-order chi connectivity index (χ0) is 14.5. The number of aryl methyl sites for hydroxylation is 2. The van der Waals surface area contributed by atoms with Gasteiger partial charge in [0.25, 0.3) is 5.91 Å². The molecule has 0 atom stereocenters. The summed E-state index contributed by atoms with van der Waals surface area (Å²) >= 11 is 5.68. The number of carbonyl (C=O) groups excluding carboxylic acids is 1. The SMILES string of the molecule is Cc1cc(O)ccc1C(=O)Nc1ccc(CCCl)cc1. The number of hydrogen-bond donors (Lipinski definition) is 2. The Balaban J connectivity index is 2.11. The van der Waals surface area contributed by atoms with E-state index >= 15 is 0 Å². The van der Waals surface area contributed by atoms with Crippen LogP contribution in [0.5, 0.6) is 5.75 Å². The van der Waals surface area contributed by atoms with Crippen molar-refractivity contribution in [3.05, 3.63) is 59.2 Å². The average molecular weight is 290 g/mol. The Morgan fingerprint density at radius 3 is 2.50 bits per heavy atom. The maximum atomic E-state index is 12.1. The van der Waals surface area contributed by atoms with Gasteiger partial charge in [0, 0.05) is 17.1 Å². The van der Waals surface area contributed by atoms with Crippen LogP contribution in [-0.4, -0.2) is 16.9 Å². The third-order valence-electron chi connectivity index (χ3n) is 3.05. The Morgan fingerprint density at radius 2 is 1.90 bits per heavy atom. The Kier molecular flexibility index (Phi) is 4.64. The lowest BCUT2D eigenvalue weighted by Gasteiger charge is -2.08. The largest absolute Gasteiger partial charge is 0.508 e. The maximum absolute atomic E-state index is 12.1. The van der Waals surface area contributed by atoms with E-state index < -0.39 is 0 Å². The van der Waals surface area contributed by atoms with Gasteiger partial charge in [0.2, 0.25) is 0 Å². The van der Waals surface area contributed by atoms with E-state index in [1.165, 1.54) is 6.07 Å². The Hall–Kier alpha value is -2.00. The molecule has 0 bridgehead atoms. The molecule has 0 aliphatic heterocycles. The van der Waals surface area contributed by atoms with Crippen LogP contribution in [0, 0.1) is 6.92 Å². The lowest BCUT2D eigenvalue weighted by Crippen LogP contribution is -2.13. The first-order valence-electron chi connectivity index (χ1n) is 6.36. The molecule has 2 aromatic rings. The molecule has 1 amide bonds. The fourth-order valence-corrected chi connectivity index (χ4v) is 2.18. The van der Waals surface area contributed by atoms with Crippen LogP contribution in [0.1, 0.15) is 21.5 Å². The minimum Gasteiger partial charge on any atom is -0.508 e. The molecule has 3 nitrogen and oxygen atoms in total. The predicted octanol–water partition coefficient (Wildman–Crippen LogP) is 3.73. The summed E-state index contributed by atoms with van der Waals surface area (Å²) in [5.41, 5.74) is 3.16. The van der Waals surface area contributed by atoms with Crippen molar-refractivity contribution in [1.82, 2.24) is 0 Å². The van der Waals surface area contributed by atoms with Gasteiger partial charge in [0.15, 0.2) is 0 Å². The van der Waals surface area contributed by atoms with Crippen molar-refractivity contribution in [1.29, 1.82) is 0 Å². The number of hydrogen-bond acceptors (Lipinski definition) is 2. The normalized spacial score (nSPS) is 10.3. The third-order valence-corrected chi connectivity index (χ3v) is 3.24. The molecule has 2 aromatic carbocycles. The van der Waals surface area contributed by atoms with Crippen molar-refractivity contribution in [2.24, 2.45) is 0 Å². The fourth-order valence-electron chi connectivity index (χ4n) is 1.96. The first-order valence-corrected chi connectivity index (χ1v) is 6.89. The number of phenolic OH excluding ortho intramolecular Hbond substituents is 1. The summed E-state index contributed by atoms with van der Waals surface area (Å²) in [6.45, 7) is 1.79. The number of halogens is 1. The van der Waals surface area contributed by atoms with E-state index in [4.69, 9.17) is 11.6 Å². The number of carbonyl (C=O) groups is 1. The first-order chi connectivity index (χ1) is 9.60. The van der Waals surface area contributed by atoms with Gasteiger partial charge in [-0.2, -0.15) is 0 Å². The summed E-state index contributed by atoms with van der Waals surface area (Å²) in [4.78, 5) is 12.1. The summed E-state index contributed by atoms with van der Waals surface area (Å²) in [6, 6.07) is 12.3. The van der Waals surface area contributed by atoms with Crippen molar-refractivity contribution in [3.8, 4) is 5.75 Å². The Morgan fingerprint density at radius 1 is 1.20 bits per heavy atom. The van der Waals surface area contributed by atoms with E-state index in [2.05, 4.69) is 5.32 Å². The standard InChI is InChI=1S/C16H16ClNO2/c1-11-10-14(19)6-7-15(11)16(20)18-13-4-2-12(3-5-13)8-9-17/h2-7,10,19H,8-9H2,1H3,(H,18,20). The average Bonchev–Trinajstić information content (AvgIpc) is 2.41. The molecular formula is C16H16ClNO2. The summed E-state index contributed by atoms with van der Waals surface area (Å²) in [7, 11) is 0. The van der Waals surface area contributed by atoms with Crippen molar-refractivity contribution in [2.75, 3.05) is 11.2 Å². The minimum atomic E-state index is -0.187. The topological polar surface area (TPSA) is 49.3 Å². The molecule has 0 aliphatic rings. The number of nitrogens with one attached hydrogen (secondary N) is 1. The zero-order valence-corrected chi connectivity index (χ0v) is 11.9. The van der Waals surface area contributed by atoms with Gasteiger partial charge in [-0.05, 0) is 54.8 Å². The molecule has 104 valence electrons. The molecule has 0 aliphatic carbocycles. The van der Waals surface area contributed by atoms with E-state index in [9.17, 15) is 9.90 Å². The summed E-state index contributed by atoms with van der Waals surface area (Å²) < 4.78 is 0. The summed E-state index contributed by atoms with van der Waals surface area (Å²) in [5, 5.41) is 12.2. The molecule has 0 saturated heterocycles. The molecule has 2 N–H and O–H groups in total. The quantitative estimate of drug-likeness (QED) is 0.843. The number of alkyl halides is 1. The number of amides is 1. The predicted molar refractivity (Wildman–Crippen MR) is 81.7 cm³/mol. The number of benzene rings is 2. The highest BCUT2D eigenvalue weighted by Crippen LogP contribution is 2.18. The first kappa shape index (κ1) is 14.4. The number of phenols is 1. The second-order valence-corrected chi connectivity index (χ2v) is 4.97. The second-order valence-electron chi connectivity index (χ2n) is 4.59. The van der Waals surface area contributed by atoms with Crippen LogP contribution >= 0.6 is 11.6 Å². The molecule has 0 fully saturated rings. The van der Waals surface area contributed by atoms with Gasteiger partial charge >= 0.3 is 0 Å². The van der Waals surface area contributed by atoms with Crippen LogP contribution in [0.3, 0.4) is 0 Å². The van der Waals surface area contributed by atoms with Gasteiger partial charge in [0.1, 0.15) is 5.75 Å². The lowest BCUT2D eigenvalue weighted by atomic mass is 10.1. The van der Waals surface area contributed by atoms with Crippen molar-refractivity contribution >= 4 is 23.2 Å². The number of rotatable bonds is 4. The third kappa shape index (κ3) is 3.52. The molecule has 0 saturated carbocycles. The molecule has 0 spiro atoms. The Labute approximate surface area is 123 Å². The molecule has 0 heterocycles. The number of aromatic hydroxyl groups is 1. The second kappa shape index (κ2) is 6.44. The van der Waals surface area contributed by atoms with Crippen molar-refractivity contribution in [2.45, 2.75) is 13.3 Å². The van der Waals surface area contributed by atoms with E-state index in [0.717, 1.165) is 23.2 Å². The van der Waals surface area contributed by atoms with Crippen LogP contribution in [0.25, 0.3) is 0 Å². The smallest absolute Gasteiger partial charge is 0.255 e. The van der Waals surface area contributed by atoms with Gasteiger partial charge in [0.05, 0.1) is 0 Å². The van der Waals surface area contributed by atoms with E-state index in [1.807, 2.05) is 24.3 Å². The van der Waals surface area contributed by atoms with Gasteiger partial charge in [-0.3, -0.25) is 4.79 Å². The molecule has 0 radical (unpaired) electrons. The fraction of sp³-hybridized carbons (Fsp3) is 0.188. The van der Waals surface area contributed by atoms with Gasteiger partial charge in [-0.15, -0.1) is 11.6 Å². The van der Waals surface area contributed by atoms with E-state index in [1.54, 1.807) is 19.1 Å². The monoisotopic (exact) mass is 289 g/mol. The maximum Gasteiger partial charge on any atom is 0.255 e.